The van der Waals surface area contributed by atoms with E-state index in [1.54, 1.807) is 4.90 Å². The number of benzene rings is 1. The van der Waals surface area contributed by atoms with Crippen LogP contribution in [0, 0.1) is 0 Å². The first-order valence-corrected chi connectivity index (χ1v) is 7.58. The molecule has 3 amide bonds. The molecule has 1 aromatic carbocycles. The maximum absolute atomic E-state index is 12.1. The van der Waals surface area contributed by atoms with E-state index in [0.29, 0.717) is 13.2 Å². The third kappa shape index (κ3) is 2.98. The number of amides is 3. The van der Waals surface area contributed by atoms with Crippen LogP contribution < -0.4 is 0 Å². The SMILES string of the molecule is O=C1[C@H]2CCCN2C(=O)N1C[C@@H](O)COCc1ccccc1. The Morgan fingerprint density at radius 1 is 1.27 bits per heavy atom. The monoisotopic (exact) mass is 304 g/mol. The molecule has 1 aromatic rings. The number of ether oxygens (including phenoxy) is 1. The van der Waals surface area contributed by atoms with Gasteiger partial charge in [-0.2, -0.15) is 0 Å². The Hall–Kier alpha value is -1.92. The van der Waals surface area contributed by atoms with Gasteiger partial charge in [0, 0.05) is 6.54 Å². The molecular formula is C16H20N2O4. The summed E-state index contributed by atoms with van der Waals surface area (Å²) in [5.74, 6) is -0.190. The molecule has 22 heavy (non-hydrogen) atoms. The molecule has 2 saturated heterocycles. The van der Waals surface area contributed by atoms with Crippen molar-refractivity contribution in [2.45, 2.75) is 31.6 Å². The van der Waals surface area contributed by atoms with Crippen LogP contribution in [-0.4, -0.2) is 58.7 Å². The third-order valence-electron chi connectivity index (χ3n) is 4.10. The number of β-amino-alcohol motifs (C(OH)–C–C–N with tert-alkyl or cyclic N) is 1. The molecule has 3 rings (SSSR count). The number of rotatable bonds is 6. The molecule has 0 bridgehead atoms. The fraction of sp³-hybridized carbons (Fsp3) is 0.500. The first-order valence-electron chi connectivity index (χ1n) is 7.58. The van der Waals surface area contributed by atoms with Gasteiger partial charge in [-0.05, 0) is 18.4 Å². The van der Waals surface area contributed by atoms with E-state index in [0.717, 1.165) is 23.3 Å². The van der Waals surface area contributed by atoms with Gasteiger partial charge in [-0.25, -0.2) is 4.79 Å². The number of urea groups is 1. The van der Waals surface area contributed by atoms with E-state index < -0.39 is 6.10 Å². The summed E-state index contributed by atoms with van der Waals surface area (Å²) in [5, 5.41) is 10.00. The van der Waals surface area contributed by atoms with E-state index in [4.69, 9.17) is 4.74 Å². The molecule has 6 heteroatoms. The van der Waals surface area contributed by atoms with E-state index in [-0.39, 0.29) is 31.1 Å². The highest BCUT2D eigenvalue weighted by atomic mass is 16.5. The van der Waals surface area contributed by atoms with Crippen molar-refractivity contribution in [3.05, 3.63) is 35.9 Å². The predicted octanol–water partition coefficient (Wildman–Crippen LogP) is 0.991. The predicted molar refractivity (Wildman–Crippen MR) is 78.9 cm³/mol. The number of carbonyl (C=O) groups is 2. The number of hydrogen-bond donors (Lipinski definition) is 1. The molecule has 0 unspecified atom stereocenters. The summed E-state index contributed by atoms with van der Waals surface area (Å²) < 4.78 is 5.44. The Kier molecular flexibility index (Phi) is 4.40. The Labute approximate surface area is 129 Å². The number of nitrogens with zero attached hydrogens (tertiary/aromatic N) is 2. The number of hydrogen-bond acceptors (Lipinski definition) is 4. The van der Waals surface area contributed by atoms with Gasteiger partial charge in [0.25, 0.3) is 5.91 Å². The fourth-order valence-corrected chi connectivity index (χ4v) is 3.00. The van der Waals surface area contributed by atoms with Crippen LogP contribution in [0.2, 0.25) is 0 Å². The van der Waals surface area contributed by atoms with Crippen LogP contribution in [0.1, 0.15) is 18.4 Å². The topological polar surface area (TPSA) is 70.1 Å². The van der Waals surface area contributed by atoms with Crippen LogP contribution in [0.25, 0.3) is 0 Å². The average Bonchev–Trinajstić information content (AvgIpc) is 3.08. The maximum atomic E-state index is 12.1. The highest BCUT2D eigenvalue weighted by molar-refractivity contribution is 6.04. The Balaban J connectivity index is 1.47. The van der Waals surface area contributed by atoms with Crippen LogP contribution in [0.4, 0.5) is 4.79 Å². The quantitative estimate of drug-likeness (QED) is 0.796. The molecule has 2 aliphatic rings. The van der Waals surface area contributed by atoms with Crippen LogP contribution in [0.15, 0.2) is 30.3 Å². The van der Waals surface area contributed by atoms with Gasteiger partial charge in [-0.1, -0.05) is 30.3 Å². The van der Waals surface area contributed by atoms with Gasteiger partial charge < -0.3 is 14.7 Å². The summed E-state index contributed by atoms with van der Waals surface area (Å²) in [5.41, 5.74) is 1.02. The van der Waals surface area contributed by atoms with E-state index in [9.17, 15) is 14.7 Å². The van der Waals surface area contributed by atoms with Crippen LogP contribution in [-0.2, 0) is 16.1 Å². The lowest BCUT2D eigenvalue weighted by molar-refractivity contribution is -0.129. The average molecular weight is 304 g/mol. The van der Waals surface area contributed by atoms with Crippen molar-refractivity contribution in [2.24, 2.45) is 0 Å². The highest BCUT2D eigenvalue weighted by Crippen LogP contribution is 2.27. The molecule has 2 atom stereocenters. The van der Waals surface area contributed by atoms with Crippen LogP contribution in [0.3, 0.4) is 0 Å². The van der Waals surface area contributed by atoms with Crippen molar-refractivity contribution < 1.29 is 19.4 Å². The summed E-state index contributed by atoms with van der Waals surface area (Å²) in [6.07, 6.45) is 0.733. The number of carbonyl (C=O) groups excluding carboxylic acids is 2. The number of imide groups is 1. The molecule has 2 aliphatic heterocycles. The second kappa shape index (κ2) is 6.46. The van der Waals surface area contributed by atoms with Gasteiger partial charge >= 0.3 is 6.03 Å². The maximum Gasteiger partial charge on any atom is 0.327 e. The Morgan fingerprint density at radius 2 is 2.05 bits per heavy atom. The van der Waals surface area contributed by atoms with Gasteiger partial charge in [-0.3, -0.25) is 9.69 Å². The molecule has 0 saturated carbocycles. The van der Waals surface area contributed by atoms with Crippen molar-refractivity contribution in [1.29, 1.82) is 0 Å². The van der Waals surface area contributed by atoms with Gasteiger partial charge in [-0.15, -0.1) is 0 Å². The van der Waals surface area contributed by atoms with Crippen molar-refractivity contribution >= 4 is 11.9 Å². The molecular weight excluding hydrogens is 284 g/mol. The Morgan fingerprint density at radius 3 is 2.77 bits per heavy atom. The summed E-state index contributed by atoms with van der Waals surface area (Å²) in [6.45, 7) is 1.12. The molecule has 0 aliphatic carbocycles. The zero-order valence-electron chi connectivity index (χ0n) is 12.4. The molecule has 2 fully saturated rings. The lowest BCUT2D eigenvalue weighted by Crippen LogP contribution is -2.40. The van der Waals surface area contributed by atoms with E-state index in [1.165, 1.54) is 0 Å². The van der Waals surface area contributed by atoms with E-state index >= 15 is 0 Å². The normalized spacial score (nSPS) is 22.3. The largest absolute Gasteiger partial charge is 0.389 e. The highest BCUT2D eigenvalue weighted by Gasteiger charge is 2.47. The number of aliphatic hydroxyl groups is 1. The standard InChI is InChI=1S/C16H20N2O4/c19-13(11-22-10-12-5-2-1-3-6-12)9-18-15(20)14-7-4-8-17(14)16(18)21/h1-3,5-6,13-14,19H,4,7-11H2/t13-,14-/m1/s1. The molecule has 0 radical (unpaired) electrons. The van der Waals surface area contributed by atoms with Gasteiger partial charge in [0.2, 0.25) is 0 Å². The minimum absolute atomic E-state index is 0.000539. The first-order chi connectivity index (χ1) is 10.7. The number of fused-ring (bicyclic) bond motifs is 1. The first kappa shape index (κ1) is 15.0. The summed E-state index contributed by atoms with van der Waals surface area (Å²) >= 11 is 0. The summed E-state index contributed by atoms with van der Waals surface area (Å²) in [7, 11) is 0. The zero-order valence-corrected chi connectivity index (χ0v) is 12.4. The van der Waals surface area contributed by atoms with Gasteiger partial charge in [0.1, 0.15) is 6.04 Å². The molecule has 6 nitrogen and oxygen atoms in total. The van der Waals surface area contributed by atoms with E-state index in [1.807, 2.05) is 30.3 Å². The molecule has 118 valence electrons. The molecule has 1 N–H and O–H groups in total. The van der Waals surface area contributed by atoms with Crippen molar-refractivity contribution in [3.63, 3.8) is 0 Å². The van der Waals surface area contributed by atoms with E-state index in [2.05, 4.69) is 0 Å². The van der Waals surface area contributed by atoms with Crippen molar-refractivity contribution in [2.75, 3.05) is 19.7 Å². The summed E-state index contributed by atoms with van der Waals surface area (Å²) in [6, 6.07) is 9.05. The molecule has 2 heterocycles. The minimum atomic E-state index is -0.864. The lowest BCUT2D eigenvalue weighted by atomic mass is 10.2. The smallest absolute Gasteiger partial charge is 0.327 e. The Bertz CT molecular complexity index is 526. The van der Waals surface area contributed by atoms with Crippen molar-refractivity contribution in [3.8, 4) is 0 Å². The lowest BCUT2D eigenvalue weighted by Gasteiger charge is -2.19. The van der Waals surface area contributed by atoms with Gasteiger partial charge in [0.15, 0.2) is 0 Å². The van der Waals surface area contributed by atoms with Crippen molar-refractivity contribution in [1.82, 2.24) is 9.80 Å². The van der Waals surface area contributed by atoms with Gasteiger partial charge in [0.05, 0.1) is 25.9 Å². The van der Waals surface area contributed by atoms with Crippen LogP contribution in [0.5, 0.6) is 0 Å². The fourth-order valence-electron chi connectivity index (χ4n) is 3.00. The second-order valence-corrected chi connectivity index (χ2v) is 5.74. The molecule has 0 spiro atoms. The second-order valence-electron chi connectivity index (χ2n) is 5.74. The number of aliphatic hydroxyl groups excluding tert-OH is 1. The summed E-state index contributed by atoms with van der Waals surface area (Å²) in [4.78, 5) is 27.0. The van der Waals surface area contributed by atoms with Crippen LogP contribution >= 0.6 is 0 Å². The zero-order chi connectivity index (χ0) is 15.5. The molecule has 0 aromatic heterocycles. The minimum Gasteiger partial charge on any atom is -0.389 e. The third-order valence-corrected chi connectivity index (χ3v) is 4.10.